The summed E-state index contributed by atoms with van der Waals surface area (Å²) in [6, 6.07) is 1.77. The van der Waals surface area contributed by atoms with E-state index in [-0.39, 0.29) is 5.91 Å². The largest absolute Gasteiger partial charge is 0.352 e. The predicted molar refractivity (Wildman–Crippen MR) is 80.3 cm³/mol. The molecule has 0 radical (unpaired) electrons. The monoisotopic (exact) mass is 276 g/mol. The van der Waals surface area contributed by atoms with Gasteiger partial charge < -0.3 is 10.7 Å². The number of rotatable bonds is 5. The van der Waals surface area contributed by atoms with Crippen LogP contribution in [0.1, 0.15) is 54.6 Å². The predicted octanol–water partition coefficient (Wildman–Crippen LogP) is 2.38. The fourth-order valence-corrected chi connectivity index (χ4v) is 2.82. The molecule has 0 saturated heterocycles. The van der Waals surface area contributed by atoms with Gasteiger partial charge in [-0.15, -0.1) is 0 Å². The Balaban J connectivity index is 1.85. The van der Waals surface area contributed by atoms with Gasteiger partial charge in [0.15, 0.2) is 0 Å². The summed E-state index contributed by atoms with van der Waals surface area (Å²) in [5.41, 5.74) is 4.51. The molecular formula is C15H24N4O. The molecule has 0 atom stereocenters. The quantitative estimate of drug-likeness (QED) is 0.570. The number of amides is 1. The number of hydrogen-bond donors (Lipinski definition) is 3. The molecule has 0 bridgehead atoms. The summed E-state index contributed by atoms with van der Waals surface area (Å²) >= 11 is 0. The van der Waals surface area contributed by atoms with Crippen LogP contribution in [0.2, 0.25) is 0 Å². The molecule has 2 rings (SSSR count). The van der Waals surface area contributed by atoms with Crippen molar-refractivity contribution in [3.8, 4) is 0 Å². The van der Waals surface area contributed by atoms with E-state index in [9.17, 15) is 4.79 Å². The van der Waals surface area contributed by atoms with Crippen LogP contribution in [0.3, 0.4) is 0 Å². The van der Waals surface area contributed by atoms with Crippen LogP contribution in [0.5, 0.6) is 0 Å². The minimum atomic E-state index is -0.110. The van der Waals surface area contributed by atoms with Crippen LogP contribution in [0.25, 0.3) is 0 Å². The molecule has 0 aliphatic heterocycles. The summed E-state index contributed by atoms with van der Waals surface area (Å²) in [5, 5.41) is 2.97. The number of nitrogen functional groups attached to an aromatic ring is 1. The summed E-state index contributed by atoms with van der Waals surface area (Å²) in [6.07, 6.45) is 9.28. The van der Waals surface area contributed by atoms with E-state index >= 15 is 0 Å². The smallest absolute Gasteiger partial charge is 0.255 e. The van der Waals surface area contributed by atoms with Crippen molar-refractivity contribution in [2.24, 2.45) is 11.8 Å². The molecule has 110 valence electrons. The number of carbonyl (C=O) groups excluding carboxylic acids is 1. The van der Waals surface area contributed by atoms with E-state index < -0.39 is 0 Å². The molecular weight excluding hydrogens is 252 g/mol. The first-order chi connectivity index (χ1) is 9.70. The molecule has 0 aromatic carbocycles. The second kappa shape index (κ2) is 7.24. The number of nitrogens with two attached hydrogens (primary N) is 1. The van der Waals surface area contributed by atoms with Crippen molar-refractivity contribution in [3.05, 3.63) is 23.5 Å². The average molecular weight is 276 g/mol. The van der Waals surface area contributed by atoms with E-state index in [1.165, 1.54) is 32.1 Å². The Labute approximate surface area is 120 Å². The number of pyridine rings is 1. The molecule has 1 amide bonds. The summed E-state index contributed by atoms with van der Waals surface area (Å²) < 4.78 is 0. The van der Waals surface area contributed by atoms with E-state index in [0.29, 0.717) is 11.3 Å². The van der Waals surface area contributed by atoms with Gasteiger partial charge in [0.05, 0.1) is 11.3 Å². The molecule has 0 spiro atoms. The van der Waals surface area contributed by atoms with Crippen LogP contribution >= 0.6 is 0 Å². The van der Waals surface area contributed by atoms with Gasteiger partial charge in [-0.1, -0.05) is 32.1 Å². The summed E-state index contributed by atoms with van der Waals surface area (Å²) in [6.45, 7) is 2.59. The highest BCUT2D eigenvalue weighted by atomic mass is 16.1. The Morgan fingerprint density at radius 3 is 2.85 bits per heavy atom. The molecule has 1 aromatic rings. The summed E-state index contributed by atoms with van der Waals surface area (Å²) in [5.74, 6) is 6.11. The third-order valence-electron chi connectivity index (χ3n) is 4.00. The topological polar surface area (TPSA) is 80.0 Å². The number of anilines is 1. The van der Waals surface area contributed by atoms with Gasteiger partial charge >= 0.3 is 0 Å². The van der Waals surface area contributed by atoms with Crippen LogP contribution in [0.4, 0.5) is 5.69 Å². The van der Waals surface area contributed by atoms with E-state index in [4.69, 9.17) is 5.84 Å². The molecule has 1 aliphatic carbocycles. The Kier molecular flexibility index (Phi) is 5.35. The first-order valence-electron chi connectivity index (χ1n) is 7.42. The minimum absolute atomic E-state index is 0.110. The number of aromatic nitrogens is 1. The molecule has 1 saturated carbocycles. The van der Waals surface area contributed by atoms with Crippen LogP contribution in [0.15, 0.2) is 12.3 Å². The standard InChI is InChI=1S/C15H24N4O/c1-11-9-14(19-16)13(10-18-11)15(20)17-8-7-12-5-3-2-4-6-12/h9-10,12H,2-8,16H2,1H3,(H,17,20)(H,18,19). The molecule has 5 nitrogen and oxygen atoms in total. The normalized spacial score (nSPS) is 15.9. The highest BCUT2D eigenvalue weighted by Crippen LogP contribution is 2.25. The fourth-order valence-electron chi connectivity index (χ4n) is 2.82. The van der Waals surface area contributed by atoms with Gasteiger partial charge in [-0.2, -0.15) is 0 Å². The number of nitrogens with zero attached hydrogens (tertiary/aromatic N) is 1. The zero-order valence-electron chi connectivity index (χ0n) is 12.1. The first-order valence-corrected chi connectivity index (χ1v) is 7.42. The Morgan fingerprint density at radius 1 is 1.40 bits per heavy atom. The fraction of sp³-hybridized carbons (Fsp3) is 0.600. The van der Waals surface area contributed by atoms with Gasteiger partial charge in [-0.05, 0) is 25.3 Å². The number of nitrogens with one attached hydrogen (secondary N) is 2. The number of aryl methyl sites for hydroxylation is 1. The van der Waals surface area contributed by atoms with Crippen molar-refractivity contribution >= 4 is 11.6 Å². The van der Waals surface area contributed by atoms with Crippen molar-refractivity contribution in [2.45, 2.75) is 45.4 Å². The Hall–Kier alpha value is -1.62. The van der Waals surface area contributed by atoms with Crippen molar-refractivity contribution < 1.29 is 4.79 Å². The lowest BCUT2D eigenvalue weighted by molar-refractivity contribution is 0.0950. The van der Waals surface area contributed by atoms with Crippen LogP contribution in [0, 0.1) is 12.8 Å². The summed E-state index contributed by atoms with van der Waals surface area (Å²) in [7, 11) is 0. The lowest BCUT2D eigenvalue weighted by Gasteiger charge is -2.21. The van der Waals surface area contributed by atoms with Gasteiger partial charge in [0, 0.05) is 18.4 Å². The molecule has 1 aliphatic rings. The second-order valence-corrected chi connectivity index (χ2v) is 5.56. The van der Waals surface area contributed by atoms with Crippen molar-refractivity contribution in [2.75, 3.05) is 12.0 Å². The van der Waals surface area contributed by atoms with E-state index in [1.54, 1.807) is 12.3 Å². The van der Waals surface area contributed by atoms with Gasteiger partial charge in [0.2, 0.25) is 0 Å². The van der Waals surface area contributed by atoms with Gasteiger partial charge in [-0.25, -0.2) is 0 Å². The first kappa shape index (κ1) is 14.8. The molecule has 20 heavy (non-hydrogen) atoms. The Bertz CT molecular complexity index is 455. The maximum absolute atomic E-state index is 12.1. The summed E-state index contributed by atoms with van der Waals surface area (Å²) in [4.78, 5) is 16.3. The minimum Gasteiger partial charge on any atom is -0.352 e. The molecule has 1 fully saturated rings. The van der Waals surface area contributed by atoms with E-state index in [0.717, 1.165) is 24.6 Å². The van der Waals surface area contributed by atoms with Crippen molar-refractivity contribution in [1.29, 1.82) is 0 Å². The van der Waals surface area contributed by atoms with Gasteiger partial charge in [0.25, 0.3) is 5.91 Å². The molecule has 1 aromatic heterocycles. The third-order valence-corrected chi connectivity index (χ3v) is 4.00. The zero-order valence-corrected chi connectivity index (χ0v) is 12.1. The van der Waals surface area contributed by atoms with Crippen molar-refractivity contribution in [1.82, 2.24) is 10.3 Å². The third kappa shape index (κ3) is 3.93. The number of hydrazine groups is 1. The van der Waals surface area contributed by atoms with Crippen LogP contribution < -0.4 is 16.6 Å². The highest BCUT2D eigenvalue weighted by Gasteiger charge is 2.15. The lowest BCUT2D eigenvalue weighted by Crippen LogP contribution is -2.28. The molecule has 0 unspecified atom stereocenters. The number of carbonyl (C=O) groups is 1. The van der Waals surface area contributed by atoms with E-state index in [1.807, 2.05) is 6.92 Å². The molecule has 4 N–H and O–H groups in total. The second-order valence-electron chi connectivity index (χ2n) is 5.56. The van der Waals surface area contributed by atoms with Crippen LogP contribution in [-0.4, -0.2) is 17.4 Å². The Morgan fingerprint density at radius 2 is 2.15 bits per heavy atom. The molecule has 5 heteroatoms. The van der Waals surface area contributed by atoms with Crippen molar-refractivity contribution in [3.63, 3.8) is 0 Å². The highest BCUT2D eigenvalue weighted by molar-refractivity contribution is 5.99. The lowest BCUT2D eigenvalue weighted by atomic mass is 9.87. The van der Waals surface area contributed by atoms with Crippen LogP contribution in [-0.2, 0) is 0 Å². The average Bonchev–Trinajstić information content (AvgIpc) is 2.48. The van der Waals surface area contributed by atoms with Gasteiger partial charge in [-0.3, -0.25) is 15.6 Å². The zero-order chi connectivity index (χ0) is 14.4. The maximum Gasteiger partial charge on any atom is 0.255 e. The number of hydrogen-bond acceptors (Lipinski definition) is 4. The van der Waals surface area contributed by atoms with E-state index in [2.05, 4.69) is 15.7 Å². The molecule has 1 heterocycles. The SMILES string of the molecule is Cc1cc(NN)c(C(=O)NCCC2CCCCC2)cn1. The van der Waals surface area contributed by atoms with Gasteiger partial charge in [0.1, 0.15) is 0 Å². The maximum atomic E-state index is 12.1.